The Labute approximate surface area is 156 Å². The summed E-state index contributed by atoms with van der Waals surface area (Å²) in [6.07, 6.45) is 4.69. The molecular formula is C17H22ClN5OS. The monoisotopic (exact) mass is 379 g/mol. The predicted octanol–water partition coefficient (Wildman–Crippen LogP) is 3.49. The third-order valence-electron chi connectivity index (χ3n) is 4.60. The van der Waals surface area contributed by atoms with E-state index in [9.17, 15) is 4.79 Å². The van der Waals surface area contributed by atoms with Gasteiger partial charge in [-0.25, -0.2) is 0 Å². The maximum Gasteiger partial charge on any atom is 0.233 e. The lowest BCUT2D eigenvalue weighted by molar-refractivity contribution is -0.121. The van der Waals surface area contributed by atoms with Crippen LogP contribution in [0.25, 0.3) is 5.69 Å². The number of nitrogens with zero attached hydrogens (tertiary/aromatic N) is 4. The quantitative estimate of drug-likeness (QED) is 0.805. The summed E-state index contributed by atoms with van der Waals surface area (Å²) in [5, 5.41) is 16.0. The number of tetrazole rings is 1. The Morgan fingerprint density at radius 1 is 1.32 bits per heavy atom. The molecule has 1 aliphatic rings. The first kappa shape index (κ1) is 18.2. The highest BCUT2D eigenvalue weighted by Crippen LogP contribution is 2.26. The predicted molar refractivity (Wildman–Crippen MR) is 99.0 cm³/mol. The van der Waals surface area contributed by atoms with Crippen LogP contribution in [0.2, 0.25) is 5.02 Å². The van der Waals surface area contributed by atoms with Gasteiger partial charge in [-0.05, 0) is 60.4 Å². The van der Waals surface area contributed by atoms with Crippen LogP contribution in [0.1, 0.15) is 39.5 Å². The second-order valence-electron chi connectivity index (χ2n) is 6.49. The maximum atomic E-state index is 12.5. The molecular weight excluding hydrogens is 358 g/mol. The molecule has 1 saturated carbocycles. The van der Waals surface area contributed by atoms with Gasteiger partial charge in [0.25, 0.3) is 0 Å². The van der Waals surface area contributed by atoms with Gasteiger partial charge in [0.15, 0.2) is 0 Å². The van der Waals surface area contributed by atoms with Crippen LogP contribution in [0.5, 0.6) is 0 Å². The number of hydrogen-bond donors (Lipinski definition) is 1. The number of rotatable bonds is 5. The van der Waals surface area contributed by atoms with Crippen LogP contribution in [0.4, 0.5) is 0 Å². The topological polar surface area (TPSA) is 72.7 Å². The number of halogens is 1. The molecule has 1 aliphatic carbocycles. The molecule has 25 heavy (non-hydrogen) atoms. The van der Waals surface area contributed by atoms with E-state index in [1.165, 1.54) is 31.0 Å². The fourth-order valence-electron chi connectivity index (χ4n) is 3.04. The summed E-state index contributed by atoms with van der Waals surface area (Å²) in [5.41, 5.74) is 0.811. The number of amides is 1. The molecule has 0 bridgehead atoms. The van der Waals surface area contributed by atoms with E-state index in [1.807, 2.05) is 19.1 Å². The number of aromatic nitrogens is 4. The van der Waals surface area contributed by atoms with Crippen LogP contribution in [-0.2, 0) is 4.79 Å². The second kappa shape index (κ2) is 8.19. The summed E-state index contributed by atoms with van der Waals surface area (Å²) in [6.45, 7) is 4.09. The molecule has 1 fully saturated rings. The van der Waals surface area contributed by atoms with Crippen molar-refractivity contribution in [2.75, 3.05) is 0 Å². The van der Waals surface area contributed by atoms with Gasteiger partial charge in [0, 0.05) is 11.1 Å². The number of hydrogen-bond acceptors (Lipinski definition) is 5. The highest BCUT2D eigenvalue weighted by Gasteiger charge is 2.26. The van der Waals surface area contributed by atoms with Gasteiger partial charge in [-0.15, -0.1) is 5.10 Å². The molecule has 3 unspecified atom stereocenters. The lowest BCUT2D eigenvalue weighted by Crippen LogP contribution is -2.44. The molecule has 1 amide bonds. The van der Waals surface area contributed by atoms with E-state index in [0.29, 0.717) is 16.1 Å². The Kier molecular flexibility index (Phi) is 5.96. The molecule has 3 rings (SSSR count). The van der Waals surface area contributed by atoms with Crippen molar-refractivity contribution in [2.24, 2.45) is 5.92 Å². The molecule has 8 heteroatoms. The first-order valence-electron chi connectivity index (χ1n) is 8.56. The summed E-state index contributed by atoms with van der Waals surface area (Å²) in [4.78, 5) is 12.5. The zero-order valence-electron chi connectivity index (χ0n) is 14.4. The Hall–Kier alpha value is -1.60. The number of carbonyl (C=O) groups is 1. The van der Waals surface area contributed by atoms with Gasteiger partial charge >= 0.3 is 0 Å². The molecule has 0 radical (unpaired) electrons. The van der Waals surface area contributed by atoms with Crippen molar-refractivity contribution in [2.45, 2.75) is 56.0 Å². The van der Waals surface area contributed by atoms with Gasteiger partial charge in [0.1, 0.15) is 0 Å². The number of thioether (sulfide) groups is 1. The van der Waals surface area contributed by atoms with E-state index >= 15 is 0 Å². The molecule has 134 valence electrons. The van der Waals surface area contributed by atoms with Crippen LogP contribution in [-0.4, -0.2) is 37.4 Å². The smallest absolute Gasteiger partial charge is 0.233 e. The zero-order chi connectivity index (χ0) is 17.8. The van der Waals surface area contributed by atoms with Gasteiger partial charge in [0.2, 0.25) is 11.1 Å². The number of benzene rings is 1. The molecule has 0 saturated heterocycles. The summed E-state index contributed by atoms with van der Waals surface area (Å²) in [7, 11) is 0. The van der Waals surface area contributed by atoms with E-state index in [0.717, 1.165) is 12.1 Å². The third kappa shape index (κ3) is 4.52. The highest BCUT2D eigenvalue weighted by molar-refractivity contribution is 8.00. The van der Waals surface area contributed by atoms with E-state index in [-0.39, 0.29) is 17.2 Å². The third-order valence-corrected chi connectivity index (χ3v) is 5.89. The van der Waals surface area contributed by atoms with Gasteiger partial charge in [-0.1, -0.05) is 43.1 Å². The molecule has 3 atom stereocenters. The number of carbonyl (C=O) groups excluding carboxylic acids is 1. The van der Waals surface area contributed by atoms with Gasteiger partial charge < -0.3 is 5.32 Å². The molecule has 1 N–H and O–H groups in total. The van der Waals surface area contributed by atoms with Crippen molar-refractivity contribution in [1.29, 1.82) is 0 Å². The van der Waals surface area contributed by atoms with Gasteiger partial charge in [-0.2, -0.15) is 4.68 Å². The standard InChI is InChI=1S/C17H22ClN5OS/c1-11-5-3-4-6-15(11)19-16(24)12(2)25-17-20-21-22-23(17)14-9-7-13(18)8-10-14/h7-12,15H,3-6H2,1-2H3,(H,19,24). The molecule has 1 aromatic heterocycles. The van der Waals surface area contributed by atoms with Gasteiger partial charge in [-0.3, -0.25) is 4.79 Å². The van der Waals surface area contributed by atoms with E-state index in [2.05, 4.69) is 27.8 Å². The Morgan fingerprint density at radius 2 is 2.04 bits per heavy atom. The maximum absolute atomic E-state index is 12.5. The second-order valence-corrected chi connectivity index (χ2v) is 8.23. The van der Waals surface area contributed by atoms with Crippen molar-refractivity contribution in [3.8, 4) is 5.69 Å². The first-order chi connectivity index (χ1) is 12.0. The van der Waals surface area contributed by atoms with Crippen molar-refractivity contribution >= 4 is 29.3 Å². The van der Waals surface area contributed by atoms with Crippen molar-refractivity contribution < 1.29 is 4.79 Å². The summed E-state index contributed by atoms with van der Waals surface area (Å²) >= 11 is 7.28. The molecule has 1 aromatic carbocycles. The molecule has 6 nitrogen and oxygen atoms in total. The lowest BCUT2D eigenvalue weighted by Gasteiger charge is -2.30. The van der Waals surface area contributed by atoms with Crippen LogP contribution in [0.3, 0.4) is 0 Å². The first-order valence-corrected chi connectivity index (χ1v) is 9.81. The minimum Gasteiger partial charge on any atom is -0.352 e. The average Bonchev–Trinajstić information content (AvgIpc) is 3.05. The Balaban J connectivity index is 1.65. The largest absolute Gasteiger partial charge is 0.352 e. The highest BCUT2D eigenvalue weighted by atomic mass is 35.5. The van der Waals surface area contributed by atoms with Crippen molar-refractivity contribution in [3.05, 3.63) is 29.3 Å². The van der Waals surface area contributed by atoms with E-state index in [4.69, 9.17) is 11.6 Å². The van der Waals surface area contributed by atoms with Crippen LogP contribution < -0.4 is 5.32 Å². The normalized spacial score (nSPS) is 21.7. The van der Waals surface area contributed by atoms with Crippen molar-refractivity contribution in [1.82, 2.24) is 25.5 Å². The molecule has 1 heterocycles. The van der Waals surface area contributed by atoms with Gasteiger partial charge in [0.05, 0.1) is 10.9 Å². The Bertz CT molecular complexity index is 720. The van der Waals surface area contributed by atoms with E-state index in [1.54, 1.807) is 16.8 Å². The van der Waals surface area contributed by atoms with Crippen LogP contribution in [0.15, 0.2) is 29.4 Å². The Morgan fingerprint density at radius 3 is 2.76 bits per heavy atom. The summed E-state index contributed by atoms with van der Waals surface area (Å²) < 4.78 is 1.62. The fourth-order valence-corrected chi connectivity index (χ4v) is 3.98. The summed E-state index contributed by atoms with van der Waals surface area (Å²) in [5.74, 6) is 0.573. The van der Waals surface area contributed by atoms with Crippen molar-refractivity contribution in [3.63, 3.8) is 0 Å². The molecule has 0 spiro atoms. The minimum absolute atomic E-state index is 0.0365. The fraction of sp³-hybridized carbons (Fsp3) is 0.529. The lowest BCUT2D eigenvalue weighted by atomic mass is 9.86. The molecule has 2 aromatic rings. The minimum atomic E-state index is -0.272. The number of nitrogens with one attached hydrogen (secondary N) is 1. The SMILES string of the molecule is CC(Sc1nnnn1-c1ccc(Cl)cc1)C(=O)NC1CCCCC1C. The van der Waals surface area contributed by atoms with Crippen LogP contribution in [0, 0.1) is 5.92 Å². The van der Waals surface area contributed by atoms with Crippen LogP contribution >= 0.6 is 23.4 Å². The zero-order valence-corrected chi connectivity index (χ0v) is 15.9. The average molecular weight is 380 g/mol. The molecule has 0 aliphatic heterocycles. The van der Waals surface area contributed by atoms with E-state index < -0.39 is 0 Å². The summed E-state index contributed by atoms with van der Waals surface area (Å²) in [6, 6.07) is 7.53.